The van der Waals surface area contributed by atoms with Crippen molar-refractivity contribution in [2.75, 3.05) is 0 Å². The fourth-order valence-corrected chi connectivity index (χ4v) is 1.79. The topological polar surface area (TPSA) is 37.3 Å². The zero-order chi connectivity index (χ0) is 10.3. The summed E-state index contributed by atoms with van der Waals surface area (Å²) in [5, 5.41) is 9.13. The highest BCUT2D eigenvalue weighted by molar-refractivity contribution is 6.30. The van der Waals surface area contributed by atoms with E-state index in [1.165, 1.54) is 18.2 Å². The van der Waals surface area contributed by atoms with Crippen LogP contribution in [0.15, 0.2) is 18.2 Å². The van der Waals surface area contributed by atoms with Crippen molar-refractivity contribution in [2.45, 2.75) is 12.3 Å². The monoisotopic (exact) mass is 214 g/mol. The Morgan fingerprint density at radius 3 is 2.86 bits per heavy atom. The molecule has 2 unspecified atom stereocenters. The summed E-state index contributed by atoms with van der Waals surface area (Å²) in [5.41, 5.74) is 0.421. The summed E-state index contributed by atoms with van der Waals surface area (Å²) in [6, 6.07) is 4.23. The Morgan fingerprint density at radius 2 is 2.29 bits per heavy atom. The van der Waals surface area contributed by atoms with E-state index < -0.39 is 11.9 Å². The molecule has 14 heavy (non-hydrogen) atoms. The summed E-state index contributed by atoms with van der Waals surface area (Å²) in [4.78, 5) is 10.6. The number of rotatable bonds is 2. The van der Waals surface area contributed by atoms with E-state index in [0.717, 1.165) is 0 Å². The molecule has 1 N–H and O–H groups in total. The first kappa shape index (κ1) is 9.46. The molecule has 1 aromatic rings. The first-order chi connectivity index (χ1) is 6.59. The lowest BCUT2D eigenvalue weighted by molar-refractivity contribution is -0.138. The molecule has 0 bridgehead atoms. The van der Waals surface area contributed by atoms with Gasteiger partial charge in [0.05, 0.1) is 5.92 Å². The number of halogens is 2. The van der Waals surface area contributed by atoms with Gasteiger partial charge in [0.1, 0.15) is 5.82 Å². The Kier molecular flexibility index (Phi) is 2.19. The molecule has 2 rings (SSSR count). The Labute approximate surface area is 85.3 Å². The first-order valence-corrected chi connectivity index (χ1v) is 4.65. The van der Waals surface area contributed by atoms with Gasteiger partial charge in [0.25, 0.3) is 0 Å². The second kappa shape index (κ2) is 3.24. The van der Waals surface area contributed by atoms with Gasteiger partial charge in [0.2, 0.25) is 0 Å². The quantitative estimate of drug-likeness (QED) is 0.822. The van der Waals surface area contributed by atoms with Crippen LogP contribution in [0.2, 0.25) is 5.02 Å². The largest absolute Gasteiger partial charge is 0.481 e. The predicted octanol–water partition coefficient (Wildman–Crippen LogP) is 2.67. The van der Waals surface area contributed by atoms with Crippen LogP contribution in [0.4, 0.5) is 4.39 Å². The van der Waals surface area contributed by atoms with Gasteiger partial charge in [0.15, 0.2) is 0 Å². The molecule has 1 saturated carbocycles. The predicted molar refractivity (Wildman–Crippen MR) is 49.9 cm³/mol. The Bertz CT molecular complexity index is 392. The van der Waals surface area contributed by atoms with Gasteiger partial charge >= 0.3 is 5.97 Å². The van der Waals surface area contributed by atoms with Crippen LogP contribution in [0, 0.1) is 11.7 Å². The van der Waals surface area contributed by atoms with Crippen molar-refractivity contribution in [1.29, 1.82) is 0 Å². The number of benzene rings is 1. The highest BCUT2D eigenvalue weighted by Crippen LogP contribution is 2.48. The molecule has 1 fully saturated rings. The van der Waals surface area contributed by atoms with E-state index in [0.29, 0.717) is 17.0 Å². The van der Waals surface area contributed by atoms with Gasteiger partial charge in [-0.3, -0.25) is 4.79 Å². The Morgan fingerprint density at radius 1 is 1.57 bits per heavy atom. The molecule has 0 aromatic heterocycles. The van der Waals surface area contributed by atoms with E-state index in [2.05, 4.69) is 0 Å². The molecule has 0 amide bonds. The maximum absolute atomic E-state index is 13.2. The van der Waals surface area contributed by atoms with Gasteiger partial charge < -0.3 is 5.11 Å². The molecular formula is C10H8ClFO2. The Hall–Kier alpha value is -1.09. The Balaban J connectivity index is 2.26. The SMILES string of the molecule is O=C(O)C1CC1c1cc(Cl)ccc1F. The van der Waals surface area contributed by atoms with Crippen LogP contribution in [-0.4, -0.2) is 11.1 Å². The maximum atomic E-state index is 13.2. The summed E-state index contributed by atoms with van der Waals surface area (Å²) < 4.78 is 13.2. The molecule has 1 aromatic carbocycles. The second-order valence-electron chi connectivity index (χ2n) is 3.45. The molecule has 2 atom stereocenters. The van der Waals surface area contributed by atoms with E-state index in [1.807, 2.05) is 0 Å². The zero-order valence-electron chi connectivity index (χ0n) is 7.21. The van der Waals surface area contributed by atoms with Gasteiger partial charge in [-0.15, -0.1) is 0 Å². The number of carbonyl (C=O) groups is 1. The van der Waals surface area contributed by atoms with E-state index in [-0.39, 0.29) is 11.7 Å². The summed E-state index contributed by atoms with van der Waals surface area (Å²) >= 11 is 5.70. The summed E-state index contributed by atoms with van der Waals surface area (Å²) in [5.74, 6) is -1.88. The molecule has 2 nitrogen and oxygen atoms in total. The number of hydrogen-bond donors (Lipinski definition) is 1. The van der Waals surface area contributed by atoms with Gasteiger partial charge in [-0.25, -0.2) is 4.39 Å². The smallest absolute Gasteiger partial charge is 0.307 e. The maximum Gasteiger partial charge on any atom is 0.307 e. The van der Waals surface area contributed by atoms with Crippen LogP contribution in [-0.2, 0) is 4.79 Å². The zero-order valence-corrected chi connectivity index (χ0v) is 7.96. The highest BCUT2D eigenvalue weighted by atomic mass is 35.5. The van der Waals surface area contributed by atoms with Crippen molar-refractivity contribution in [3.8, 4) is 0 Å². The molecule has 0 radical (unpaired) electrons. The summed E-state index contributed by atoms with van der Waals surface area (Å²) in [7, 11) is 0. The third kappa shape index (κ3) is 1.60. The molecular weight excluding hydrogens is 207 g/mol. The molecule has 0 aliphatic heterocycles. The minimum absolute atomic E-state index is 0.203. The van der Waals surface area contributed by atoms with Crippen molar-refractivity contribution in [3.05, 3.63) is 34.6 Å². The van der Waals surface area contributed by atoms with E-state index in [1.54, 1.807) is 0 Å². The molecule has 0 spiro atoms. The fraction of sp³-hybridized carbons (Fsp3) is 0.300. The minimum atomic E-state index is -0.866. The van der Waals surface area contributed by atoms with Crippen LogP contribution in [0.5, 0.6) is 0 Å². The molecule has 1 aliphatic rings. The molecule has 74 valence electrons. The van der Waals surface area contributed by atoms with Gasteiger partial charge in [-0.1, -0.05) is 11.6 Å². The lowest BCUT2D eigenvalue weighted by Gasteiger charge is -2.01. The van der Waals surface area contributed by atoms with E-state index in [4.69, 9.17) is 16.7 Å². The van der Waals surface area contributed by atoms with Crippen LogP contribution >= 0.6 is 11.6 Å². The summed E-state index contributed by atoms with van der Waals surface area (Å²) in [6.45, 7) is 0. The van der Waals surface area contributed by atoms with E-state index >= 15 is 0 Å². The molecule has 0 saturated heterocycles. The van der Waals surface area contributed by atoms with Crippen LogP contribution in [0.3, 0.4) is 0 Å². The van der Waals surface area contributed by atoms with Gasteiger partial charge in [0, 0.05) is 10.9 Å². The van der Waals surface area contributed by atoms with Crippen molar-refractivity contribution in [1.82, 2.24) is 0 Å². The van der Waals surface area contributed by atoms with E-state index in [9.17, 15) is 9.18 Å². The lowest BCUT2D eigenvalue weighted by Crippen LogP contribution is -2.00. The third-order valence-electron chi connectivity index (χ3n) is 2.47. The number of carboxylic acids is 1. The van der Waals surface area contributed by atoms with Crippen molar-refractivity contribution < 1.29 is 14.3 Å². The van der Waals surface area contributed by atoms with Gasteiger partial charge in [-0.05, 0) is 30.2 Å². The van der Waals surface area contributed by atoms with Crippen molar-refractivity contribution in [2.24, 2.45) is 5.92 Å². The van der Waals surface area contributed by atoms with Crippen molar-refractivity contribution in [3.63, 3.8) is 0 Å². The highest BCUT2D eigenvalue weighted by Gasteiger charge is 2.45. The number of carboxylic acid groups (broad SMARTS) is 1. The van der Waals surface area contributed by atoms with Crippen LogP contribution in [0.25, 0.3) is 0 Å². The standard InChI is InChI=1S/C10H8ClFO2/c11-5-1-2-9(12)7(3-5)6-4-8(6)10(13)14/h1-3,6,8H,4H2,(H,13,14). The van der Waals surface area contributed by atoms with Crippen LogP contribution < -0.4 is 0 Å². The average molecular weight is 215 g/mol. The second-order valence-corrected chi connectivity index (χ2v) is 3.89. The first-order valence-electron chi connectivity index (χ1n) is 4.27. The molecule has 4 heteroatoms. The average Bonchev–Trinajstić information content (AvgIpc) is 2.88. The third-order valence-corrected chi connectivity index (χ3v) is 2.70. The molecule has 0 heterocycles. The normalized spacial score (nSPS) is 24.7. The minimum Gasteiger partial charge on any atom is -0.481 e. The van der Waals surface area contributed by atoms with Crippen LogP contribution in [0.1, 0.15) is 17.9 Å². The fourth-order valence-electron chi connectivity index (χ4n) is 1.61. The number of aliphatic carboxylic acids is 1. The van der Waals surface area contributed by atoms with Gasteiger partial charge in [-0.2, -0.15) is 0 Å². The number of hydrogen-bond acceptors (Lipinski definition) is 1. The summed E-state index contributed by atoms with van der Waals surface area (Å²) in [6.07, 6.45) is 0.507. The lowest BCUT2D eigenvalue weighted by atomic mass is 10.1. The van der Waals surface area contributed by atoms with Crippen molar-refractivity contribution >= 4 is 17.6 Å². The molecule has 1 aliphatic carbocycles.